The number of nitrogens with one attached hydrogen (secondary N) is 2. The van der Waals surface area contributed by atoms with Gasteiger partial charge in [-0.15, -0.1) is 5.10 Å². The van der Waals surface area contributed by atoms with Crippen molar-refractivity contribution in [2.45, 2.75) is 25.9 Å². The highest BCUT2D eigenvalue weighted by Gasteiger charge is 2.43. The lowest BCUT2D eigenvalue weighted by molar-refractivity contribution is -0.117. The highest BCUT2D eigenvalue weighted by Crippen LogP contribution is 2.36. The van der Waals surface area contributed by atoms with Crippen LogP contribution in [0.4, 0.5) is 19.0 Å². The number of fused-ring (bicyclic) bond motifs is 2. The van der Waals surface area contributed by atoms with Crippen molar-refractivity contribution < 1.29 is 18.0 Å². The molecule has 1 aliphatic carbocycles. The van der Waals surface area contributed by atoms with Crippen molar-refractivity contribution in [1.82, 2.24) is 24.8 Å². The summed E-state index contributed by atoms with van der Waals surface area (Å²) >= 11 is 0. The molecule has 1 fully saturated rings. The number of alkyl halides is 1. The first-order chi connectivity index (χ1) is 14.0. The Morgan fingerprint density at radius 3 is 2.90 bits per heavy atom. The molecule has 0 aliphatic heterocycles. The summed E-state index contributed by atoms with van der Waals surface area (Å²) < 4.78 is 43.4. The van der Waals surface area contributed by atoms with Crippen molar-refractivity contribution in [1.29, 1.82) is 0 Å². The van der Waals surface area contributed by atoms with Crippen LogP contribution in [0.3, 0.4) is 0 Å². The fourth-order valence-electron chi connectivity index (χ4n) is 3.52. The van der Waals surface area contributed by atoms with Gasteiger partial charge in [0.2, 0.25) is 5.91 Å². The van der Waals surface area contributed by atoms with Gasteiger partial charge >= 0.3 is 0 Å². The number of aromatic nitrogens is 5. The number of amides is 1. The number of rotatable bonds is 4. The van der Waals surface area contributed by atoms with Crippen molar-refractivity contribution in [2.75, 3.05) is 5.32 Å². The van der Waals surface area contributed by atoms with Gasteiger partial charge in [0.25, 0.3) is 0 Å². The van der Waals surface area contributed by atoms with Crippen molar-refractivity contribution in [2.24, 2.45) is 5.92 Å². The van der Waals surface area contributed by atoms with Gasteiger partial charge in [-0.05, 0) is 18.9 Å². The molecule has 29 heavy (non-hydrogen) atoms. The zero-order valence-corrected chi connectivity index (χ0v) is 15.2. The molecule has 2 atom stereocenters. The van der Waals surface area contributed by atoms with E-state index in [0.29, 0.717) is 22.3 Å². The molecule has 3 aromatic heterocycles. The van der Waals surface area contributed by atoms with Crippen LogP contribution in [0.2, 0.25) is 0 Å². The van der Waals surface area contributed by atoms with E-state index in [1.807, 2.05) is 0 Å². The molecule has 1 amide bonds. The SMILES string of the molecule is CCc1c(F)c(F)c2[nH]ncc2c1-c1ccn2nc(NC(=O)[C@@H]3C[C@@H]3F)cc2n1. The smallest absolute Gasteiger partial charge is 0.231 e. The molecule has 0 radical (unpaired) electrons. The maximum Gasteiger partial charge on any atom is 0.231 e. The molecule has 2 N–H and O–H groups in total. The molecule has 7 nitrogen and oxygen atoms in total. The Balaban J connectivity index is 1.60. The summed E-state index contributed by atoms with van der Waals surface area (Å²) in [4.78, 5) is 16.4. The Bertz CT molecular complexity index is 1280. The molecule has 0 saturated heterocycles. The maximum atomic E-state index is 14.6. The van der Waals surface area contributed by atoms with Gasteiger partial charge in [-0.1, -0.05) is 6.92 Å². The second-order valence-corrected chi connectivity index (χ2v) is 6.99. The van der Waals surface area contributed by atoms with Crippen LogP contribution in [0.1, 0.15) is 18.9 Å². The molecule has 1 saturated carbocycles. The number of carbonyl (C=O) groups is 1. The van der Waals surface area contributed by atoms with E-state index in [1.165, 1.54) is 16.8 Å². The van der Waals surface area contributed by atoms with Crippen molar-refractivity contribution >= 4 is 28.3 Å². The lowest BCUT2D eigenvalue weighted by atomic mass is 9.97. The number of benzene rings is 1. The Kier molecular flexibility index (Phi) is 3.83. The number of aromatic amines is 1. The fraction of sp³-hybridized carbons (Fsp3) is 0.263. The average molecular weight is 400 g/mol. The number of hydrogen-bond donors (Lipinski definition) is 2. The minimum atomic E-state index is -1.10. The molecule has 148 valence electrons. The van der Waals surface area contributed by atoms with Gasteiger partial charge in [0, 0.05) is 28.8 Å². The van der Waals surface area contributed by atoms with Gasteiger partial charge in [-0.25, -0.2) is 22.7 Å². The van der Waals surface area contributed by atoms with E-state index >= 15 is 0 Å². The molecular formula is C19H15F3N6O. The van der Waals surface area contributed by atoms with Crippen LogP contribution in [0.15, 0.2) is 24.5 Å². The number of carbonyl (C=O) groups excluding carboxylic acids is 1. The summed E-state index contributed by atoms with van der Waals surface area (Å²) in [6.45, 7) is 1.73. The molecule has 0 spiro atoms. The third-order valence-corrected chi connectivity index (χ3v) is 5.12. The lowest BCUT2D eigenvalue weighted by Crippen LogP contribution is -2.15. The molecule has 4 aromatic rings. The predicted octanol–water partition coefficient (Wildman–Crippen LogP) is 3.41. The molecule has 5 rings (SSSR count). The van der Waals surface area contributed by atoms with Gasteiger partial charge < -0.3 is 5.32 Å². The van der Waals surface area contributed by atoms with Gasteiger partial charge in [0.1, 0.15) is 11.7 Å². The van der Waals surface area contributed by atoms with Crippen molar-refractivity contribution in [3.05, 3.63) is 41.7 Å². The summed E-state index contributed by atoms with van der Waals surface area (Å²) in [5, 5.41) is 13.5. The van der Waals surface area contributed by atoms with E-state index in [9.17, 15) is 18.0 Å². The maximum absolute atomic E-state index is 14.6. The molecule has 3 heterocycles. The van der Waals surface area contributed by atoms with Crippen LogP contribution in [0, 0.1) is 17.6 Å². The van der Waals surface area contributed by atoms with Crippen molar-refractivity contribution in [3.63, 3.8) is 0 Å². The molecule has 0 unspecified atom stereocenters. The Labute approximate surface area is 161 Å². The van der Waals surface area contributed by atoms with Gasteiger partial charge in [0.05, 0.1) is 17.8 Å². The third kappa shape index (κ3) is 2.74. The first-order valence-corrected chi connectivity index (χ1v) is 9.12. The van der Waals surface area contributed by atoms with Crippen LogP contribution in [-0.4, -0.2) is 36.9 Å². The zero-order chi connectivity index (χ0) is 20.3. The second kappa shape index (κ2) is 6.29. The van der Waals surface area contributed by atoms with Crippen LogP contribution < -0.4 is 5.32 Å². The highest BCUT2D eigenvalue weighted by atomic mass is 19.2. The molecule has 0 bridgehead atoms. The van der Waals surface area contributed by atoms with E-state index in [-0.39, 0.29) is 29.7 Å². The van der Waals surface area contributed by atoms with Crippen LogP contribution >= 0.6 is 0 Å². The molecular weight excluding hydrogens is 385 g/mol. The Morgan fingerprint density at radius 2 is 2.17 bits per heavy atom. The monoisotopic (exact) mass is 400 g/mol. The summed E-state index contributed by atoms with van der Waals surface area (Å²) in [5.41, 5.74) is 1.44. The molecule has 1 aromatic carbocycles. The number of H-pyrrole nitrogens is 1. The van der Waals surface area contributed by atoms with E-state index < -0.39 is 29.6 Å². The zero-order valence-electron chi connectivity index (χ0n) is 15.2. The topological polar surface area (TPSA) is 88.0 Å². The normalized spacial score (nSPS) is 18.5. The van der Waals surface area contributed by atoms with E-state index in [4.69, 9.17) is 0 Å². The Morgan fingerprint density at radius 1 is 1.38 bits per heavy atom. The van der Waals surface area contributed by atoms with E-state index in [2.05, 4.69) is 25.6 Å². The number of halogens is 3. The molecule has 1 aliphatic rings. The summed E-state index contributed by atoms with van der Waals surface area (Å²) in [6.07, 6.45) is 2.42. The summed E-state index contributed by atoms with van der Waals surface area (Å²) in [6, 6.07) is 3.16. The number of anilines is 1. The summed E-state index contributed by atoms with van der Waals surface area (Å²) in [7, 11) is 0. The van der Waals surface area contributed by atoms with Crippen LogP contribution in [-0.2, 0) is 11.2 Å². The fourth-order valence-corrected chi connectivity index (χ4v) is 3.52. The van der Waals surface area contributed by atoms with Gasteiger partial charge in [-0.3, -0.25) is 9.89 Å². The number of nitrogens with zero attached hydrogens (tertiary/aromatic N) is 4. The van der Waals surface area contributed by atoms with E-state index in [1.54, 1.807) is 19.2 Å². The highest BCUT2D eigenvalue weighted by molar-refractivity contribution is 5.96. The van der Waals surface area contributed by atoms with Crippen LogP contribution in [0.25, 0.3) is 27.8 Å². The van der Waals surface area contributed by atoms with Crippen molar-refractivity contribution in [3.8, 4) is 11.3 Å². The predicted molar refractivity (Wildman–Crippen MR) is 99.0 cm³/mol. The minimum Gasteiger partial charge on any atom is -0.309 e. The number of hydrogen-bond acceptors (Lipinski definition) is 4. The first-order valence-electron chi connectivity index (χ1n) is 9.12. The van der Waals surface area contributed by atoms with Gasteiger partial charge in [-0.2, -0.15) is 5.10 Å². The second-order valence-electron chi connectivity index (χ2n) is 6.99. The largest absolute Gasteiger partial charge is 0.309 e. The minimum absolute atomic E-state index is 0.0250. The summed E-state index contributed by atoms with van der Waals surface area (Å²) in [5.74, 6) is -2.72. The van der Waals surface area contributed by atoms with Gasteiger partial charge in [0.15, 0.2) is 23.1 Å². The standard InChI is InChI=1S/C19H15F3N6O/c1-2-8-15(10-7-23-26-18(10)17(22)16(8)21)12-3-4-28-14(24-12)6-13(27-28)25-19(29)9-5-11(9)20/h3-4,6-7,9,11H,2,5H2,1H3,(H,23,26)(H,25,27,29)/t9-,11+/m1/s1. The average Bonchev–Trinajstić information content (AvgIpc) is 3.09. The quantitative estimate of drug-likeness (QED) is 0.550. The third-order valence-electron chi connectivity index (χ3n) is 5.12. The first kappa shape index (κ1) is 17.7. The Hall–Kier alpha value is -3.43. The lowest BCUT2D eigenvalue weighted by Gasteiger charge is -2.11. The van der Waals surface area contributed by atoms with E-state index in [0.717, 1.165) is 0 Å². The molecule has 10 heteroatoms. The van der Waals surface area contributed by atoms with Crippen LogP contribution in [0.5, 0.6) is 0 Å².